The van der Waals surface area contributed by atoms with Crippen molar-refractivity contribution in [1.82, 2.24) is 4.57 Å². The van der Waals surface area contributed by atoms with Crippen molar-refractivity contribution in [2.24, 2.45) is 4.99 Å². The first kappa shape index (κ1) is 18.9. The number of hydrogen-bond donors (Lipinski definition) is 0. The SMILES string of the molecule is CCc1ccc2c(c1)sc(=NC(=O)c1ccc([N+](=O)[O-])s1)n2CC(=O)OC. The number of ether oxygens (including phenoxy) is 1. The fourth-order valence-corrected chi connectivity index (χ4v) is 4.25. The van der Waals surface area contributed by atoms with Gasteiger partial charge in [-0.25, -0.2) is 0 Å². The summed E-state index contributed by atoms with van der Waals surface area (Å²) in [4.78, 5) is 39.1. The Morgan fingerprint density at radius 2 is 2.04 bits per heavy atom. The Balaban J connectivity index is 2.11. The molecular weight excluding hydrogens is 390 g/mol. The number of nitrogens with zero attached hydrogens (tertiary/aromatic N) is 3. The van der Waals surface area contributed by atoms with Crippen LogP contribution in [0.5, 0.6) is 0 Å². The smallest absolute Gasteiger partial charge is 0.325 e. The minimum absolute atomic E-state index is 0.0846. The van der Waals surface area contributed by atoms with Gasteiger partial charge in [-0.15, -0.1) is 0 Å². The standard InChI is InChI=1S/C17H15N3O5S2/c1-3-10-4-5-11-13(8-10)27-17(19(11)9-15(21)25-2)18-16(22)12-6-7-14(26-12)20(23)24/h4-8H,3,9H2,1-2H3. The van der Waals surface area contributed by atoms with E-state index >= 15 is 0 Å². The van der Waals surface area contributed by atoms with Gasteiger partial charge in [0.2, 0.25) is 0 Å². The molecule has 1 aromatic carbocycles. The number of aromatic nitrogens is 1. The summed E-state index contributed by atoms with van der Waals surface area (Å²) in [6.07, 6.45) is 0.856. The number of thiophene rings is 1. The van der Waals surface area contributed by atoms with Gasteiger partial charge < -0.3 is 9.30 Å². The first-order valence-corrected chi connectivity index (χ1v) is 9.58. The van der Waals surface area contributed by atoms with Crippen LogP contribution >= 0.6 is 22.7 Å². The number of amides is 1. The highest BCUT2D eigenvalue weighted by Crippen LogP contribution is 2.25. The number of fused-ring (bicyclic) bond motifs is 1. The molecule has 2 aromatic heterocycles. The van der Waals surface area contributed by atoms with Crippen LogP contribution in [0.3, 0.4) is 0 Å². The molecule has 0 bridgehead atoms. The number of carbonyl (C=O) groups is 2. The number of rotatable bonds is 5. The summed E-state index contributed by atoms with van der Waals surface area (Å²) < 4.78 is 7.24. The van der Waals surface area contributed by atoms with E-state index in [9.17, 15) is 19.7 Å². The predicted octanol–water partition coefficient (Wildman–Crippen LogP) is 3.15. The molecule has 0 saturated heterocycles. The normalized spacial score (nSPS) is 11.7. The molecule has 0 unspecified atom stereocenters. The zero-order chi connectivity index (χ0) is 19.6. The number of aryl methyl sites for hydroxylation is 1. The molecule has 1 amide bonds. The highest BCUT2D eigenvalue weighted by molar-refractivity contribution is 7.17. The van der Waals surface area contributed by atoms with Gasteiger partial charge >= 0.3 is 11.0 Å². The first-order valence-electron chi connectivity index (χ1n) is 7.95. The van der Waals surface area contributed by atoms with E-state index in [0.29, 0.717) is 4.80 Å². The third-order valence-electron chi connectivity index (χ3n) is 3.85. The molecule has 3 aromatic rings. The van der Waals surface area contributed by atoms with Crippen molar-refractivity contribution < 1.29 is 19.2 Å². The maximum absolute atomic E-state index is 12.5. The molecule has 0 N–H and O–H groups in total. The van der Waals surface area contributed by atoms with Gasteiger partial charge in [-0.1, -0.05) is 35.7 Å². The minimum atomic E-state index is -0.589. The number of hydrogen-bond acceptors (Lipinski definition) is 7. The van der Waals surface area contributed by atoms with Gasteiger partial charge in [0, 0.05) is 6.07 Å². The Labute approximate surface area is 161 Å². The fraction of sp³-hybridized carbons (Fsp3) is 0.235. The molecule has 0 spiro atoms. The van der Waals surface area contributed by atoms with Crippen LogP contribution < -0.4 is 4.80 Å². The van der Waals surface area contributed by atoms with E-state index in [0.717, 1.165) is 33.5 Å². The van der Waals surface area contributed by atoms with Crippen LogP contribution in [0.4, 0.5) is 5.00 Å². The summed E-state index contributed by atoms with van der Waals surface area (Å²) in [6.45, 7) is 1.95. The van der Waals surface area contributed by atoms with Gasteiger partial charge in [-0.2, -0.15) is 4.99 Å². The Morgan fingerprint density at radius 3 is 2.67 bits per heavy atom. The summed E-state index contributed by atoms with van der Waals surface area (Å²) >= 11 is 2.05. The Kier molecular flexibility index (Phi) is 5.47. The lowest BCUT2D eigenvalue weighted by Crippen LogP contribution is -2.22. The van der Waals surface area contributed by atoms with Gasteiger partial charge in [0.25, 0.3) is 5.91 Å². The van der Waals surface area contributed by atoms with Gasteiger partial charge in [0.05, 0.1) is 22.2 Å². The molecule has 0 atom stereocenters. The molecule has 140 valence electrons. The van der Waals surface area contributed by atoms with E-state index in [1.54, 1.807) is 4.57 Å². The number of carbonyl (C=O) groups excluding carboxylic acids is 2. The molecule has 0 saturated carbocycles. The van der Waals surface area contributed by atoms with Crippen LogP contribution in [0.1, 0.15) is 22.2 Å². The lowest BCUT2D eigenvalue weighted by molar-refractivity contribution is -0.380. The van der Waals surface area contributed by atoms with E-state index in [1.807, 2.05) is 25.1 Å². The van der Waals surface area contributed by atoms with Crippen LogP contribution in [0, 0.1) is 10.1 Å². The lowest BCUT2D eigenvalue weighted by atomic mass is 10.2. The zero-order valence-electron chi connectivity index (χ0n) is 14.5. The summed E-state index contributed by atoms with van der Waals surface area (Å²) in [6, 6.07) is 8.48. The maximum Gasteiger partial charge on any atom is 0.325 e. The summed E-state index contributed by atoms with van der Waals surface area (Å²) in [7, 11) is 1.29. The molecule has 10 heteroatoms. The molecule has 27 heavy (non-hydrogen) atoms. The number of thiazole rings is 1. The molecule has 3 rings (SSSR count). The van der Waals surface area contributed by atoms with Crippen LogP contribution in [-0.2, 0) is 22.5 Å². The molecule has 2 heterocycles. The lowest BCUT2D eigenvalue weighted by Gasteiger charge is -2.04. The van der Waals surface area contributed by atoms with Crippen molar-refractivity contribution in [3.8, 4) is 0 Å². The van der Waals surface area contributed by atoms with Crippen molar-refractivity contribution in [2.45, 2.75) is 19.9 Å². The van der Waals surface area contributed by atoms with E-state index in [4.69, 9.17) is 4.74 Å². The van der Waals surface area contributed by atoms with Gasteiger partial charge in [-0.3, -0.25) is 19.7 Å². The first-order chi connectivity index (χ1) is 12.9. The van der Waals surface area contributed by atoms with Gasteiger partial charge in [0.1, 0.15) is 11.4 Å². The third kappa shape index (κ3) is 3.96. The highest BCUT2D eigenvalue weighted by atomic mass is 32.1. The second-order valence-corrected chi connectivity index (χ2v) is 7.59. The van der Waals surface area contributed by atoms with Gasteiger partial charge in [0.15, 0.2) is 4.80 Å². The second kappa shape index (κ2) is 7.80. The van der Waals surface area contributed by atoms with E-state index < -0.39 is 16.8 Å². The van der Waals surface area contributed by atoms with Crippen LogP contribution in [0.25, 0.3) is 10.2 Å². The monoisotopic (exact) mass is 405 g/mol. The summed E-state index contributed by atoms with van der Waals surface area (Å²) in [5.74, 6) is -1.05. The Morgan fingerprint density at radius 1 is 1.26 bits per heavy atom. The summed E-state index contributed by atoms with van der Waals surface area (Å²) in [5.41, 5.74) is 1.90. The average molecular weight is 405 g/mol. The largest absolute Gasteiger partial charge is 0.468 e. The number of nitro groups is 1. The molecule has 0 aliphatic rings. The fourth-order valence-electron chi connectivity index (χ4n) is 2.45. The van der Waals surface area contributed by atoms with Crippen molar-refractivity contribution >= 4 is 49.8 Å². The molecule has 8 nitrogen and oxygen atoms in total. The zero-order valence-corrected chi connectivity index (χ0v) is 16.1. The van der Waals surface area contributed by atoms with Crippen LogP contribution in [-0.4, -0.2) is 28.5 Å². The summed E-state index contributed by atoms with van der Waals surface area (Å²) in [5, 5.41) is 10.7. The maximum atomic E-state index is 12.5. The molecule has 0 radical (unpaired) electrons. The molecule has 0 aliphatic carbocycles. The van der Waals surface area contributed by atoms with Crippen molar-refractivity contribution in [2.75, 3.05) is 7.11 Å². The molecule has 0 fully saturated rings. The Bertz CT molecular complexity index is 1110. The quantitative estimate of drug-likeness (QED) is 0.368. The van der Waals surface area contributed by atoms with Gasteiger partial charge in [-0.05, 0) is 30.2 Å². The van der Waals surface area contributed by atoms with E-state index in [1.165, 1.54) is 30.6 Å². The number of benzene rings is 1. The van der Waals surface area contributed by atoms with E-state index in [-0.39, 0.29) is 16.4 Å². The number of esters is 1. The Hall–Kier alpha value is -2.85. The van der Waals surface area contributed by atoms with Crippen molar-refractivity contribution in [1.29, 1.82) is 0 Å². The van der Waals surface area contributed by atoms with E-state index in [2.05, 4.69) is 4.99 Å². The molecule has 0 aliphatic heterocycles. The molecular formula is C17H15N3O5S2. The minimum Gasteiger partial charge on any atom is -0.468 e. The second-order valence-electron chi connectivity index (χ2n) is 5.51. The van der Waals surface area contributed by atoms with Crippen LogP contribution in [0.2, 0.25) is 0 Å². The predicted molar refractivity (Wildman–Crippen MR) is 102 cm³/mol. The third-order valence-corrected chi connectivity index (χ3v) is 5.92. The van der Waals surface area contributed by atoms with Crippen molar-refractivity contribution in [3.05, 3.63) is 55.7 Å². The van der Waals surface area contributed by atoms with Crippen molar-refractivity contribution in [3.63, 3.8) is 0 Å². The number of methoxy groups -OCH3 is 1. The average Bonchev–Trinajstić information content (AvgIpc) is 3.27. The van der Waals surface area contributed by atoms with Crippen LogP contribution in [0.15, 0.2) is 35.3 Å². The topological polar surface area (TPSA) is 104 Å². The highest BCUT2D eigenvalue weighted by Gasteiger charge is 2.16.